The zero-order valence-corrected chi connectivity index (χ0v) is 23.4. The summed E-state index contributed by atoms with van der Waals surface area (Å²) in [6.45, 7) is 1.48. The van der Waals surface area contributed by atoms with E-state index in [2.05, 4.69) is 0 Å². The van der Waals surface area contributed by atoms with Crippen LogP contribution < -0.4 is 4.74 Å². The molecule has 0 aromatic heterocycles. The highest BCUT2D eigenvalue weighted by Crippen LogP contribution is 2.32. The molecule has 1 aliphatic carbocycles. The highest BCUT2D eigenvalue weighted by Gasteiger charge is 2.47. The van der Waals surface area contributed by atoms with Gasteiger partial charge in [-0.1, -0.05) is 103 Å². The molecule has 1 saturated carbocycles. The van der Waals surface area contributed by atoms with Crippen molar-refractivity contribution in [1.29, 1.82) is 0 Å². The second-order valence-electron chi connectivity index (χ2n) is 10.3. The van der Waals surface area contributed by atoms with Gasteiger partial charge in [0.1, 0.15) is 24.1 Å². The minimum absolute atomic E-state index is 0.299. The second-order valence-corrected chi connectivity index (χ2v) is 10.3. The molecule has 0 aliphatic heterocycles. The number of hydrogen-bond acceptors (Lipinski definition) is 6. The summed E-state index contributed by atoms with van der Waals surface area (Å²) in [5.41, 5.74) is 4.12. The smallest absolute Gasteiger partial charge is 0.118 e. The van der Waals surface area contributed by atoms with Gasteiger partial charge in [-0.15, -0.1) is 0 Å². The van der Waals surface area contributed by atoms with Crippen LogP contribution in [-0.4, -0.2) is 42.7 Å². The molecule has 0 spiro atoms. The number of ether oxygens (including phenoxy) is 5. The minimum atomic E-state index is -0.908. The van der Waals surface area contributed by atoms with Gasteiger partial charge in [0.15, 0.2) is 0 Å². The fourth-order valence-corrected chi connectivity index (χ4v) is 5.08. The SMILES string of the molecule is COc1ccc(COC2[C@H](O)C(OCc3ccccc3)C[C@@H](OCc3ccccc3)[C@@H]2OCc2ccccc2)cc1. The number of benzene rings is 4. The Bertz CT molecular complexity index is 1280. The van der Waals surface area contributed by atoms with Crippen LogP contribution in [0.3, 0.4) is 0 Å². The van der Waals surface area contributed by atoms with Gasteiger partial charge in [-0.2, -0.15) is 0 Å². The van der Waals surface area contributed by atoms with E-state index in [9.17, 15) is 5.11 Å². The number of rotatable bonds is 13. The van der Waals surface area contributed by atoms with Crippen molar-refractivity contribution in [1.82, 2.24) is 0 Å². The Balaban J connectivity index is 1.37. The lowest BCUT2D eigenvalue weighted by molar-refractivity contribution is -0.237. The molecule has 6 heteroatoms. The van der Waals surface area contributed by atoms with Crippen molar-refractivity contribution in [2.75, 3.05) is 7.11 Å². The van der Waals surface area contributed by atoms with Crippen molar-refractivity contribution in [3.05, 3.63) is 138 Å². The third kappa shape index (κ3) is 8.26. The Labute approximate surface area is 242 Å². The first-order chi connectivity index (χ1) is 20.2. The van der Waals surface area contributed by atoms with Gasteiger partial charge < -0.3 is 28.8 Å². The minimum Gasteiger partial charge on any atom is -0.497 e. The first-order valence-electron chi connectivity index (χ1n) is 14.1. The van der Waals surface area contributed by atoms with Crippen molar-refractivity contribution < 1.29 is 28.8 Å². The Kier molecular flexibility index (Phi) is 10.5. The Hall–Kier alpha value is -3.52. The van der Waals surface area contributed by atoms with Crippen LogP contribution in [0, 0.1) is 0 Å². The molecular formula is C35H38O6. The van der Waals surface area contributed by atoms with Crippen molar-refractivity contribution in [2.45, 2.75) is 63.4 Å². The van der Waals surface area contributed by atoms with Crippen LogP contribution in [0.15, 0.2) is 115 Å². The maximum Gasteiger partial charge on any atom is 0.118 e. The van der Waals surface area contributed by atoms with Crippen LogP contribution in [0.1, 0.15) is 28.7 Å². The Morgan fingerprint density at radius 1 is 0.512 bits per heavy atom. The number of hydrogen-bond donors (Lipinski definition) is 1. The molecule has 1 fully saturated rings. The van der Waals surface area contributed by atoms with Gasteiger partial charge in [-0.05, 0) is 34.4 Å². The van der Waals surface area contributed by atoms with E-state index in [0.717, 1.165) is 28.0 Å². The molecule has 0 heterocycles. The highest BCUT2D eigenvalue weighted by atomic mass is 16.6. The monoisotopic (exact) mass is 554 g/mol. The predicted octanol–water partition coefficient (Wildman–Crippen LogP) is 6.10. The van der Waals surface area contributed by atoms with E-state index >= 15 is 0 Å². The van der Waals surface area contributed by atoms with Crippen LogP contribution in [0.2, 0.25) is 0 Å². The van der Waals surface area contributed by atoms with Gasteiger partial charge in [-0.25, -0.2) is 0 Å². The molecule has 5 atom stereocenters. The lowest BCUT2D eigenvalue weighted by Gasteiger charge is -2.44. The molecule has 214 valence electrons. The molecule has 6 nitrogen and oxygen atoms in total. The molecule has 5 rings (SSSR count). The zero-order valence-electron chi connectivity index (χ0n) is 23.4. The molecule has 0 saturated heterocycles. The first kappa shape index (κ1) is 29.0. The van der Waals surface area contributed by atoms with Crippen molar-refractivity contribution in [3.63, 3.8) is 0 Å². The number of aliphatic hydroxyl groups is 1. The summed E-state index contributed by atoms with van der Waals surface area (Å²) in [4.78, 5) is 0. The maximum atomic E-state index is 11.6. The van der Waals surface area contributed by atoms with Gasteiger partial charge in [0.2, 0.25) is 0 Å². The van der Waals surface area contributed by atoms with Gasteiger partial charge in [0, 0.05) is 6.42 Å². The summed E-state index contributed by atoms with van der Waals surface area (Å²) < 4.78 is 31.0. The summed E-state index contributed by atoms with van der Waals surface area (Å²) in [7, 11) is 1.64. The molecule has 41 heavy (non-hydrogen) atoms. The average Bonchev–Trinajstić information content (AvgIpc) is 3.04. The van der Waals surface area contributed by atoms with Crippen LogP contribution in [0.5, 0.6) is 5.75 Å². The molecule has 1 N–H and O–H groups in total. The van der Waals surface area contributed by atoms with E-state index in [-0.39, 0.29) is 6.10 Å². The fourth-order valence-electron chi connectivity index (χ4n) is 5.08. The molecular weight excluding hydrogens is 516 g/mol. The maximum absolute atomic E-state index is 11.6. The van der Waals surface area contributed by atoms with Crippen molar-refractivity contribution in [2.24, 2.45) is 0 Å². The van der Waals surface area contributed by atoms with E-state index in [1.165, 1.54) is 0 Å². The molecule has 0 bridgehead atoms. The van der Waals surface area contributed by atoms with Crippen LogP contribution in [0.4, 0.5) is 0 Å². The highest BCUT2D eigenvalue weighted by molar-refractivity contribution is 5.26. The molecule has 4 aromatic carbocycles. The van der Waals surface area contributed by atoms with Crippen molar-refractivity contribution in [3.8, 4) is 5.75 Å². The van der Waals surface area contributed by atoms with Gasteiger partial charge >= 0.3 is 0 Å². The summed E-state index contributed by atoms with van der Waals surface area (Å²) in [6, 6.07) is 37.8. The van der Waals surface area contributed by atoms with Crippen LogP contribution in [-0.2, 0) is 45.4 Å². The summed E-state index contributed by atoms with van der Waals surface area (Å²) >= 11 is 0. The van der Waals surface area contributed by atoms with Gasteiger partial charge in [0.05, 0.1) is 45.7 Å². The lowest BCUT2D eigenvalue weighted by Crippen LogP contribution is -2.59. The Morgan fingerprint density at radius 3 is 1.41 bits per heavy atom. The standard InChI is InChI=1S/C35H38O6/c1-37-30-19-17-29(18-20-30)25-41-35-33(36)31(38-22-26-11-5-2-6-12-26)21-32(39-23-27-13-7-3-8-14-27)34(35)40-24-28-15-9-4-10-16-28/h2-20,31-36H,21-25H2,1H3/t31?,32-,33-,34+,35?/m1/s1. The summed E-state index contributed by atoms with van der Waals surface area (Å²) in [6.07, 6.45) is -2.46. The van der Waals surface area contributed by atoms with Gasteiger partial charge in [0.25, 0.3) is 0 Å². The van der Waals surface area contributed by atoms with E-state index in [0.29, 0.717) is 32.8 Å². The lowest BCUT2D eigenvalue weighted by atomic mass is 9.86. The van der Waals surface area contributed by atoms with E-state index in [4.69, 9.17) is 23.7 Å². The molecule has 0 radical (unpaired) electrons. The summed E-state index contributed by atoms with van der Waals surface area (Å²) in [5.74, 6) is 0.777. The van der Waals surface area contributed by atoms with Crippen molar-refractivity contribution >= 4 is 0 Å². The zero-order chi connectivity index (χ0) is 28.3. The topological polar surface area (TPSA) is 66.4 Å². The third-order valence-electron chi connectivity index (χ3n) is 7.37. The average molecular weight is 555 g/mol. The Morgan fingerprint density at radius 2 is 0.927 bits per heavy atom. The summed E-state index contributed by atoms with van der Waals surface area (Å²) in [5, 5.41) is 11.6. The normalized spacial score (nSPS) is 22.3. The van der Waals surface area contributed by atoms with Crippen LogP contribution in [0.25, 0.3) is 0 Å². The first-order valence-corrected chi connectivity index (χ1v) is 14.1. The van der Waals surface area contributed by atoms with Gasteiger partial charge in [-0.3, -0.25) is 0 Å². The fraction of sp³-hybridized carbons (Fsp3) is 0.314. The van der Waals surface area contributed by atoms with E-state index in [1.54, 1.807) is 7.11 Å². The second kappa shape index (κ2) is 14.9. The molecule has 4 aromatic rings. The third-order valence-corrected chi connectivity index (χ3v) is 7.37. The largest absolute Gasteiger partial charge is 0.497 e. The molecule has 1 aliphatic rings. The molecule has 0 amide bonds. The van der Waals surface area contributed by atoms with Crippen LogP contribution >= 0.6 is 0 Å². The predicted molar refractivity (Wildman–Crippen MR) is 157 cm³/mol. The quantitative estimate of drug-likeness (QED) is 0.215. The number of aliphatic hydroxyl groups excluding tert-OH is 1. The van der Waals surface area contributed by atoms with E-state index < -0.39 is 24.4 Å². The molecule has 2 unspecified atom stereocenters. The number of methoxy groups -OCH3 is 1. The van der Waals surface area contributed by atoms with E-state index in [1.807, 2.05) is 115 Å².